The summed E-state index contributed by atoms with van der Waals surface area (Å²) >= 11 is 0. The van der Waals surface area contributed by atoms with E-state index in [-0.39, 0.29) is 17.6 Å². The highest BCUT2D eigenvalue weighted by Gasteiger charge is 2.34. The van der Waals surface area contributed by atoms with Crippen LogP contribution in [0.2, 0.25) is 0 Å². The molecule has 5 nitrogen and oxygen atoms in total. The summed E-state index contributed by atoms with van der Waals surface area (Å²) in [6.45, 7) is 0. The molecule has 0 saturated heterocycles. The van der Waals surface area contributed by atoms with Crippen molar-refractivity contribution < 1.29 is 9.90 Å². The number of carbonyl (C=O) groups excluding carboxylic acids is 1. The van der Waals surface area contributed by atoms with Crippen LogP contribution in [0.5, 0.6) is 5.75 Å². The minimum absolute atomic E-state index is 0.0169. The molecule has 5 heteroatoms. The molecule has 4 rings (SSSR count). The molecule has 2 aromatic carbocycles. The number of aromatic hydroxyl groups is 1. The van der Waals surface area contributed by atoms with E-state index in [4.69, 9.17) is 5.73 Å². The van der Waals surface area contributed by atoms with Crippen LogP contribution in [0.15, 0.2) is 47.6 Å². The van der Waals surface area contributed by atoms with Gasteiger partial charge in [-0.05, 0) is 54.8 Å². The summed E-state index contributed by atoms with van der Waals surface area (Å²) in [7, 11) is 0. The van der Waals surface area contributed by atoms with E-state index < -0.39 is 0 Å². The Morgan fingerprint density at radius 2 is 1.96 bits per heavy atom. The Balaban J connectivity index is 1.81. The molecule has 0 saturated carbocycles. The molecule has 0 spiro atoms. The fourth-order valence-electron chi connectivity index (χ4n) is 3.33. The third kappa shape index (κ3) is 2.34. The number of hydrogen-bond donors (Lipinski definition) is 2. The van der Waals surface area contributed by atoms with Gasteiger partial charge in [0.1, 0.15) is 5.75 Å². The highest BCUT2D eigenvalue weighted by Crippen LogP contribution is 2.34. The highest BCUT2D eigenvalue weighted by atomic mass is 16.3. The number of phenols is 1. The topological polar surface area (TPSA) is 78.9 Å². The van der Waals surface area contributed by atoms with E-state index in [9.17, 15) is 9.90 Å². The second-order valence-corrected chi connectivity index (χ2v) is 6.06. The fraction of sp³-hybridized carbons (Fsp3) is 0.222. The third-order valence-corrected chi connectivity index (χ3v) is 4.52. The minimum Gasteiger partial charge on any atom is -0.508 e. The quantitative estimate of drug-likeness (QED) is 0.795. The van der Waals surface area contributed by atoms with Gasteiger partial charge in [-0.2, -0.15) is 5.10 Å². The molecule has 0 bridgehead atoms. The van der Waals surface area contributed by atoms with Crippen LogP contribution in [-0.2, 0) is 11.2 Å². The van der Waals surface area contributed by atoms with Crippen LogP contribution in [0, 0.1) is 5.92 Å². The van der Waals surface area contributed by atoms with Crippen molar-refractivity contribution in [1.82, 2.24) is 0 Å². The van der Waals surface area contributed by atoms with Crippen molar-refractivity contribution in [3.05, 3.63) is 53.6 Å². The first-order valence-corrected chi connectivity index (χ1v) is 7.71. The summed E-state index contributed by atoms with van der Waals surface area (Å²) < 4.78 is 0. The maximum atomic E-state index is 12.4. The van der Waals surface area contributed by atoms with Gasteiger partial charge in [0.2, 0.25) is 5.91 Å². The highest BCUT2D eigenvalue weighted by molar-refractivity contribution is 6.11. The van der Waals surface area contributed by atoms with Gasteiger partial charge in [0, 0.05) is 23.6 Å². The molecule has 0 fully saturated rings. The number of anilines is 2. The number of phenolic OH excluding ortho intramolecular Hbond substituents is 1. The van der Waals surface area contributed by atoms with Crippen molar-refractivity contribution in [3.8, 4) is 5.75 Å². The summed E-state index contributed by atoms with van der Waals surface area (Å²) in [4.78, 5) is 12.4. The molecule has 23 heavy (non-hydrogen) atoms. The summed E-state index contributed by atoms with van der Waals surface area (Å²) in [6.07, 6.45) is 2.34. The first-order valence-electron chi connectivity index (χ1n) is 7.71. The first kappa shape index (κ1) is 13.8. The Kier molecular flexibility index (Phi) is 3.08. The SMILES string of the molecule is Nc1ccc2c(c1)C1=NN(c3ccc(O)cc3)C(=O)CC1CC2. The van der Waals surface area contributed by atoms with Gasteiger partial charge in [0.15, 0.2) is 0 Å². The molecule has 2 aliphatic rings. The van der Waals surface area contributed by atoms with E-state index in [2.05, 4.69) is 5.10 Å². The van der Waals surface area contributed by atoms with Crippen LogP contribution in [0.25, 0.3) is 0 Å². The average Bonchev–Trinajstić information content (AvgIpc) is 2.55. The number of nitrogens with two attached hydrogens (primary N) is 1. The lowest BCUT2D eigenvalue weighted by Gasteiger charge is -2.33. The molecular formula is C18H17N3O2. The molecule has 0 radical (unpaired) electrons. The van der Waals surface area contributed by atoms with Crippen molar-refractivity contribution in [2.45, 2.75) is 19.3 Å². The van der Waals surface area contributed by atoms with Gasteiger partial charge in [0.25, 0.3) is 0 Å². The van der Waals surface area contributed by atoms with Crippen molar-refractivity contribution in [1.29, 1.82) is 0 Å². The molecule has 1 amide bonds. The first-order chi connectivity index (χ1) is 11.1. The number of carbonyl (C=O) groups is 1. The maximum absolute atomic E-state index is 12.4. The van der Waals surface area contributed by atoms with E-state index in [0.717, 1.165) is 24.1 Å². The number of fused-ring (bicyclic) bond motifs is 3. The van der Waals surface area contributed by atoms with Gasteiger partial charge in [-0.1, -0.05) is 6.07 Å². The second kappa shape index (κ2) is 5.12. The summed E-state index contributed by atoms with van der Waals surface area (Å²) in [5.41, 5.74) is 10.5. The zero-order chi connectivity index (χ0) is 16.0. The number of benzene rings is 2. The molecule has 1 unspecified atom stereocenters. The van der Waals surface area contributed by atoms with Crippen LogP contribution in [0.3, 0.4) is 0 Å². The summed E-state index contributed by atoms with van der Waals surface area (Å²) in [5, 5.41) is 15.5. The molecule has 1 atom stereocenters. The lowest BCUT2D eigenvalue weighted by Crippen LogP contribution is -2.39. The Morgan fingerprint density at radius 3 is 2.74 bits per heavy atom. The van der Waals surface area contributed by atoms with Crippen molar-refractivity contribution in [3.63, 3.8) is 0 Å². The van der Waals surface area contributed by atoms with E-state index in [1.54, 1.807) is 24.3 Å². The zero-order valence-corrected chi connectivity index (χ0v) is 12.6. The lowest BCUT2D eigenvalue weighted by atomic mass is 9.79. The minimum atomic E-state index is -0.0169. The van der Waals surface area contributed by atoms with E-state index in [1.807, 2.05) is 18.2 Å². The Morgan fingerprint density at radius 1 is 1.17 bits per heavy atom. The fourth-order valence-corrected chi connectivity index (χ4v) is 3.33. The van der Waals surface area contributed by atoms with Gasteiger partial charge >= 0.3 is 0 Å². The van der Waals surface area contributed by atoms with Crippen molar-refractivity contribution in [2.75, 3.05) is 10.7 Å². The molecule has 1 aliphatic carbocycles. The number of hydrogen-bond acceptors (Lipinski definition) is 4. The zero-order valence-electron chi connectivity index (χ0n) is 12.6. The Labute approximate surface area is 134 Å². The monoisotopic (exact) mass is 307 g/mol. The number of rotatable bonds is 1. The number of aryl methyl sites for hydroxylation is 1. The lowest BCUT2D eigenvalue weighted by molar-refractivity contribution is -0.119. The largest absolute Gasteiger partial charge is 0.508 e. The molecule has 0 aromatic heterocycles. The molecule has 116 valence electrons. The normalized spacial score (nSPS) is 19.8. The van der Waals surface area contributed by atoms with Crippen LogP contribution >= 0.6 is 0 Å². The number of nitrogen functional groups attached to an aromatic ring is 1. The van der Waals surface area contributed by atoms with Crippen LogP contribution in [0.4, 0.5) is 11.4 Å². The van der Waals surface area contributed by atoms with Gasteiger partial charge in [-0.3, -0.25) is 4.79 Å². The number of amides is 1. The summed E-state index contributed by atoms with van der Waals surface area (Å²) in [5.74, 6) is 0.307. The second-order valence-electron chi connectivity index (χ2n) is 6.06. The molecule has 3 N–H and O–H groups in total. The number of hydrazone groups is 1. The molecule has 1 aliphatic heterocycles. The van der Waals surface area contributed by atoms with E-state index >= 15 is 0 Å². The van der Waals surface area contributed by atoms with Crippen molar-refractivity contribution >= 4 is 23.0 Å². The van der Waals surface area contributed by atoms with Crippen LogP contribution < -0.4 is 10.7 Å². The van der Waals surface area contributed by atoms with E-state index in [0.29, 0.717) is 17.8 Å². The predicted octanol–water partition coefficient (Wildman–Crippen LogP) is 2.68. The number of nitrogens with zero attached hydrogens (tertiary/aromatic N) is 2. The third-order valence-electron chi connectivity index (χ3n) is 4.52. The predicted molar refractivity (Wildman–Crippen MR) is 89.4 cm³/mol. The van der Waals surface area contributed by atoms with Crippen molar-refractivity contribution in [2.24, 2.45) is 11.0 Å². The smallest absolute Gasteiger partial charge is 0.248 e. The summed E-state index contributed by atoms with van der Waals surface area (Å²) in [6, 6.07) is 12.4. The van der Waals surface area contributed by atoms with Gasteiger partial charge in [-0.25, -0.2) is 5.01 Å². The Hall–Kier alpha value is -2.82. The molecule has 1 heterocycles. The van der Waals surface area contributed by atoms with Crippen LogP contribution in [0.1, 0.15) is 24.0 Å². The van der Waals surface area contributed by atoms with Gasteiger partial charge in [0.05, 0.1) is 11.4 Å². The van der Waals surface area contributed by atoms with E-state index in [1.165, 1.54) is 10.6 Å². The standard InChI is InChI=1S/C18H17N3O2/c19-13-4-3-11-1-2-12-9-17(23)21(20-18(12)16(11)10-13)14-5-7-15(22)8-6-14/h3-8,10,12,22H,1-2,9,19H2. The maximum Gasteiger partial charge on any atom is 0.248 e. The van der Waals surface area contributed by atoms with Crippen LogP contribution in [-0.4, -0.2) is 16.7 Å². The average molecular weight is 307 g/mol. The molecular weight excluding hydrogens is 290 g/mol. The Bertz CT molecular complexity index is 812. The van der Waals surface area contributed by atoms with Gasteiger partial charge in [-0.15, -0.1) is 0 Å². The molecule has 2 aromatic rings. The van der Waals surface area contributed by atoms with Gasteiger partial charge < -0.3 is 10.8 Å².